The summed E-state index contributed by atoms with van der Waals surface area (Å²) in [6, 6.07) is 20.1. The number of fused-ring (bicyclic) bond motifs is 1. The predicted octanol–water partition coefficient (Wildman–Crippen LogP) is 6.36. The highest BCUT2D eigenvalue weighted by Gasteiger charge is 2.21. The van der Waals surface area contributed by atoms with Crippen molar-refractivity contribution in [3.8, 4) is 11.5 Å². The highest BCUT2D eigenvalue weighted by atomic mass is 35.5. The zero-order valence-corrected chi connectivity index (χ0v) is 19.1. The van der Waals surface area contributed by atoms with Crippen LogP contribution in [0.15, 0.2) is 81.1 Å². The molecule has 1 aromatic heterocycles. The van der Waals surface area contributed by atoms with Gasteiger partial charge in [0.25, 0.3) is 0 Å². The fourth-order valence-corrected chi connectivity index (χ4v) is 4.76. The number of hydrogen-bond donors (Lipinski definition) is 2. The maximum absolute atomic E-state index is 13.0. The molecule has 0 bridgehead atoms. The lowest BCUT2D eigenvalue weighted by Gasteiger charge is -2.17. The minimum absolute atomic E-state index is 0.463. The summed E-state index contributed by atoms with van der Waals surface area (Å²) in [5.41, 5.74) is 2.09. The second kappa shape index (κ2) is 9.65. The molecular formula is C22H19ClN2O4S2. The Kier molecular flexibility index (Phi) is 6.72. The van der Waals surface area contributed by atoms with E-state index >= 15 is 0 Å². The van der Waals surface area contributed by atoms with E-state index in [1.807, 2.05) is 30.3 Å². The van der Waals surface area contributed by atoms with E-state index in [1.165, 1.54) is 19.1 Å². The van der Waals surface area contributed by atoms with Gasteiger partial charge in [0.1, 0.15) is 28.4 Å². The normalized spacial score (nSPS) is 11.9. The molecule has 3 aromatic carbocycles. The van der Waals surface area contributed by atoms with Crippen molar-refractivity contribution >= 4 is 57.3 Å². The van der Waals surface area contributed by atoms with E-state index in [-0.39, 0.29) is 0 Å². The molecule has 4 aromatic rings. The van der Waals surface area contributed by atoms with Crippen LogP contribution in [0.5, 0.6) is 11.5 Å². The van der Waals surface area contributed by atoms with Crippen molar-refractivity contribution in [1.29, 1.82) is 0 Å². The van der Waals surface area contributed by atoms with Gasteiger partial charge >= 0.3 is 0 Å². The average Bonchev–Trinajstić information content (AvgIpc) is 3.21. The van der Waals surface area contributed by atoms with Crippen LogP contribution in [0.25, 0.3) is 11.0 Å². The minimum atomic E-state index is -1.58. The van der Waals surface area contributed by atoms with E-state index in [0.717, 1.165) is 11.0 Å². The second-order valence-corrected chi connectivity index (χ2v) is 8.81. The Bertz CT molecular complexity index is 1170. The molecule has 2 N–H and O–H groups in total. The molecular weight excluding hydrogens is 456 g/mol. The van der Waals surface area contributed by atoms with Gasteiger partial charge in [-0.05, 0) is 30.3 Å². The molecule has 0 spiro atoms. The van der Waals surface area contributed by atoms with Crippen LogP contribution in [0.4, 0.5) is 11.4 Å². The number of para-hydroxylation sites is 1. The van der Waals surface area contributed by atoms with Crippen molar-refractivity contribution in [3.05, 3.63) is 71.8 Å². The number of nitrogens with one attached hydrogen (secondary N) is 2. The van der Waals surface area contributed by atoms with Crippen LogP contribution >= 0.6 is 23.5 Å². The molecule has 0 radical (unpaired) electrons. The van der Waals surface area contributed by atoms with Crippen molar-refractivity contribution < 1.29 is 18.4 Å². The first kappa shape index (κ1) is 21.6. The molecule has 0 saturated carbocycles. The summed E-state index contributed by atoms with van der Waals surface area (Å²) in [6.45, 7) is 0. The third-order valence-corrected chi connectivity index (χ3v) is 6.52. The maximum Gasteiger partial charge on any atom is 0.221 e. The molecule has 9 heteroatoms. The van der Waals surface area contributed by atoms with Gasteiger partial charge in [-0.1, -0.05) is 29.8 Å². The first-order chi connectivity index (χ1) is 15.1. The smallest absolute Gasteiger partial charge is 0.221 e. The van der Waals surface area contributed by atoms with Crippen molar-refractivity contribution in [2.24, 2.45) is 0 Å². The Labute approximate surface area is 192 Å². The first-order valence-electron chi connectivity index (χ1n) is 9.19. The number of benzene rings is 3. The van der Waals surface area contributed by atoms with Gasteiger partial charge in [0.15, 0.2) is 10.8 Å². The molecule has 1 atom stereocenters. The molecule has 4 rings (SSSR count). The van der Waals surface area contributed by atoms with Gasteiger partial charge in [-0.15, -0.1) is 0 Å². The zero-order valence-electron chi connectivity index (χ0n) is 16.7. The third kappa shape index (κ3) is 4.99. The van der Waals surface area contributed by atoms with Crippen molar-refractivity contribution in [1.82, 2.24) is 0 Å². The number of anilines is 2. The van der Waals surface area contributed by atoms with Gasteiger partial charge < -0.3 is 23.2 Å². The van der Waals surface area contributed by atoms with Gasteiger partial charge in [0.2, 0.25) is 4.90 Å². The van der Waals surface area contributed by atoms with E-state index in [4.69, 9.17) is 25.5 Å². The number of furan rings is 1. The Morgan fingerprint density at radius 3 is 2.58 bits per heavy atom. The minimum Gasteiger partial charge on any atom is -0.588 e. The Hall–Kier alpha value is -2.65. The Balaban J connectivity index is 1.54. The fraction of sp³-hybridized carbons (Fsp3) is 0.0909. The van der Waals surface area contributed by atoms with E-state index in [1.54, 1.807) is 43.5 Å². The van der Waals surface area contributed by atoms with Crippen molar-refractivity contribution in [3.63, 3.8) is 0 Å². The molecule has 1 unspecified atom stereocenters. The lowest BCUT2D eigenvalue weighted by atomic mass is 10.3. The monoisotopic (exact) mass is 474 g/mol. The topological polar surface area (TPSA) is 78.7 Å². The largest absolute Gasteiger partial charge is 0.588 e. The summed E-state index contributed by atoms with van der Waals surface area (Å²) in [6.07, 6.45) is 0. The summed E-state index contributed by atoms with van der Waals surface area (Å²) >= 11 is 5.91. The standard InChI is InChI=1S/C22H19ClN2O4S2/c1-27-16-8-10-21(20(13-16)28-2)31(26)25-17-9-7-15(23)12-18(17)24-30-22-11-14-5-3-4-6-19(14)29-22/h3-13,24-25H,1-2H3. The molecule has 0 saturated heterocycles. The molecule has 160 valence electrons. The molecule has 0 amide bonds. The Morgan fingerprint density at radius 2 is 1.81 bits per heavy atom. The lowest BCUT2D eigenvalue weighted by molar-refractivity contribution is 0.386. The quantitative estimate of drug-likeness (QED) is 0.227. The molecule has 0 aliphatic carbocycles. The molecule has 0 aliphatic heterocycles. The van der Waals surface area contributed by atoms with Gasteiger partial charge in [0, 0.05) is 40.6 Å². The van der Waals surface area contributed by atoms with Crippen LogP contribution in [-0.4, -0.2) is 18.8 Å². The molecule has 6 nitrogen and oxygen atoms in total. The summed E-state index contributed by atoms with van der Waals surface area (Å²) < 4.78 is 35.6. The number of methoxy groups -OCH3 is 2. The van der Waals surface area contributed by atoms with E-state index in [9.17, 15) is 4.55 Å². The van der Waals surface area contributed by atoms with Crippen molar-refractivity contribution in [2.45, 2.75) is 9.99 Å². The lowest BCUT2D eigenvalue weighted by Crippen LogP contribution is -2.15. The SMILES string of the molecule is COc1ccc([S+]([O-])Nc2ccc(Cl)cc2NSc2cc3ccccc3o2)c(OC)c1. The average molecular weight is 475 g/mol. The van der Waals surface area contributed by atoms with Crippen LogP contribution < -0.4 is 18.9 Å². The third-order valence-electron chi connectivity index (χ3n) is 4.42. The highest BCUT2D eigenvalue weighted by Crippen LogP contribution is 2.35. The summed E-state index contributed by atoms with van der Waals surface area (Å²) in [4.78, 5) is 0.495. The van der Waals surface area contributed by atoms with Crippen LogP contribution in [0, 0.1) is 0 Å². The van der Waals surface area contributed by atoms with Gasteiger partial charge in [-0.2, -0.15) is 0 Å². The van der Waals surface area contributed by atoms with E-state index < -0.39 is 11.4 Å². The van der Waals surface area contributed by atoms with Crippen LogP contribution in [-0.2, 0) is 11.4 Å². The predicted molar refractivity (Wildman–Crippen MR) is 127 cm³/mol. The number of rotatable bonds is 8. The van der Waals surface area contributed by atoms with Gasteiger partial charge in [-0.25, -0.2) is 4.72 Å². The van der Waals surface area contributed by atoms with Crippen LogP contribution in [0.1, 0.15) is 0 Å². The molecule has 0 aliphatic rings. The number of ether oxygens (including phenoxy) is 2. The van der Waals surface area contributed by atoms with E-state index in [2.05, 4.69) is 9.44 Å². The first-order valence-corrected chi connectivity index (χ1v) is 11.5. The molecule has 0 fully saturated rings. The summed E-state index contributed by atoms with van der Waals surface area (Å²) in [5.74, 6) is 1.08. The highest BCUT2D eigenvalue weighted by molar-refractivity contribution is 8.00. The fourth-order valence-electron chi connectivity index (χ4n) is 2.89. The van der Waals surface area contributed by atoms with Gasteiger partial charge in [0.05, 0.1) is 19.9 Å². The summed E-state index contributed by atoms with van der Waals surface area (Å²) in [5, 5.41) is 2.26. The van der Waals surface area contributed by atoms with Crippen molar-refractivity contribution in [2.75, 3.05) is 23.7 Å². The van der Waals surface area contributed by atoms with E-state index in [0.29, 0.717) is 37.9 Å². The van der Waals surface area contributed by atoms with Gasteiger partial charge in [-0.3, -0.25) is 0 Å². The van der Waals surface area contributed by atoms with Crippen LogP contribution in [0.3, 0.4) is 0 Å². The second-order valence-electron chi connectivity index (χ2n) is 6.38. The zero-order chi connectivity index (χ0) is 21.8. The number of halogens is 1. The van der Waals surface area contributed by atoms with Crippen LogP contribution in [0.2, 0.25) is 5.02 Å². The number of hydrogen-bond acceptors (Lipinski definition) is 7. The maximum atomic E-state index is 13.0. The Morgan fingerprint density at radius 1 is 0.968 bits per heavy atom. The molecule has 31 heavy (non-hydrogen) atoms. The summed E-state index contributed by atoms with van der Waals surface area (Å²) in [7, 11) is 3.09. The molecule has 1 heterocycles.